The van der Waals surface area contributed by atoms with Gasteiger partial charge < -0.3 is 0 Å². The summed E-state index contributed by atoms with van der Waals surface area (Å²) in [6.07, 6.45) is 0. The topological polar surface area (TPSA) is 0 Å². The Morgan fingerprint density at radius 1 is 0.857 bits per heavy atom. The summed E-state index contributed by atoms with van der Waals surface area (Å²) in [6, 6.07) is 7.04. The van der Waals surface area contributed by atoms with Gasteiger partial charge in [-0.2, -0.15) is 0 Å². The summed E-state index contributed by atoms with van der Waals surface area (Å²) in [5.74, 6) is 1.31. The van der Waals surface area contributed by atoms with Crippen molar-refractivity contribution in [3.05, 3.63) is 29.3 Å². The van der Waals surface area contributed by atoms with Gasteiger partial charge in [0, 0.05) is 0 Å². The van der Waals surface area contributed by atoms with Crippen LogP contribution in [0.5, 0.6) is 0 Å². The Kier molecular flexibility index (Phi) is 5.94. The normalized spacial score (nSPS) is 10.6. The van der Waals surface area contributed by atoms with E-state index in [1.54, 1.807) is 0 Å². The summed E-state index contributed by atoms with van der Waals surface area (Å²) < 4.78 is 1.51. The predicted octanol–water partition coefficient (Wildman–Crippen LogP) is 3.53. The molecule has 0 aromatic heterocycles. The van der Waals surface area contributed by atoms with Gasteiger partial charge in [-0.05, 0) is 0 Å². The Hall–Kier alpha value is 0.133. The summed E-state index contributed by atoms with van der Waals surface area (Å²) in [6.45, 7) is 9.05. The van der Waals surface area contributed by atoms with Gasteiger partial charge in [-0.15, -0.1) is 12.4 Å². The minimum absolute atomic E-state index is 0. The van der Waals surface area contributed by atoms with Crippen molar-refractivity contribution in [3.8, 4) is 0 Å². The second-order valence-electron chi connectivity index (χ2n) is 4.32. The maximum Gasteiger partial charge on any atom is -0.147 e. The van der Waals surface area contributed by atoms with E-state index in [0.29, 0.717) is 11.8 Å². The molecule has 0 amide bonds. The molecule has 0 saturated heterocycles. The van der Waals surface area contributed by atoms with Crippen molar-refractivity contribution in [2.45, 2.75) is 39.5 Å². The Labute approximate surface area is 104 Å². The van der Waals surface area contributed by atoms with Crippen LogP contribution >= 0.6 is 12.4 Å². The summed E-state index contributed by atoms with van der Waals surface area (Å²) in [5.41, 5.74) is 2.99. The smallest absolute Gasteiger partial charge is 0.147 e. The number of benzene rings is 1. The third-order valence-corrected chi connectivity index (χ3v) is 3.23. The molecular weight excluding hydrogens is 245 g/mol. The van der Waals surface area contributed by atoms with E-state index in [1.165, 1.54) is 33.6 Å². The van der Waals surface area contributed by atoms with Crippen LogP contribution in [0.15, 0.2) is 18.2 Å². The fourth-order valence-electron chi connectivity index (χ4n) is 1.41. The van der Waals surface area contributed by atoms with E-state index >= 15 is 0 Å². The fraction of sp³-hybridized carbons (Fsp3) is 0.500. The minimum Gasteiger partial charge on any atom is -0.147 e. The standard InChI is InChI=1S/C12H17.ClH.Zn/c1-9(2)11-6-5-7-12(8-11)10(3)4;;/h6-10H,1-4H3;1H;. The zero-order valence-electron chi connectivity index (χ0n) is 9.50. The number of hydrogen-bond donors (Lipinski definition) is 0. The van der Waals surface area contributed by atoms with Gasteiger partial charge in [0.15, 0.2) is 0 Å². The summed E-state index contributed by atoms with van der Waals surface area (Å²) in [7, 11) is 0. The number of halogens is 1. The van der Waals surface area contributed by atoms with Crippen molar-refractivity contribution in [1.29, 1.82) is 0 Å². The molecule has 0 saturated carbocycles. The fourth-order valence-corrected chi connectivity index (χ4v) is 2.40. The van der Waals surface area contributed by atoms with E-state index < -0.39 is 0 Å². The van der Waals surface area contributed by atoms with Gasteiger partial charge in [-0.1, -0.05) is 0 Å². The molecular formula is C12H18ClZn. The Bertz CT molecular complexity index is 266. The Balaban J connectivity index is 0.00000169. The second-order valence-corrected chi connectivity index (χ2v) is 6.03. The van der Waals surface area contributed by atoms with Gasteiger partial charge in [0.1, 0.15) is 0 Å². The average molecular weight is 263 g/mol. The maximum atomic E-state index is 2.36. The molecule has 0 nitrogen and oxygen atoms in total. The molecule has 0 bridgehead atoms. The SMILES string of the molecule is CC(C)c1c[c]([Zn])cc(C(C)C)c1.Cl. The van der Waals surface area contributed by atoms with E-state index in [2.05, 4.69) is 45.9 Å². The first kappa shape index (κ1) is 14.1. The molecule has 0 aliphatic heterocycles. The summed E-state index contributed by atoms with van der Waals surface area (Å²) >= 11 is 1.26. The van der Waals surface area contributed by atoms with E-state index in [1.807, 2.05) is 0 Å². The Morgan fingerprint density at radius 3 is 1.50 bits per heavy atom. The molecule has 14 heavy (non-hydrogen) atoms. The molecule has 0 N–H and O–H groups in total. The number of hydrogen-bond acceptors (Lipinski definition) is 0. The zero-order chi connectivity index (χ0) is 10.0. The summed E-state index contributed by atoms with van der Waals surface area (Å²) in [5, 5.41) is 0. The van der Waals surface area contributed by atoms with E-state index in [4.69, 9.17) is 0 Å². The molecule has 0 aliphatic carbocycles. The van der Waals surface area contributed by atoms with Crippen LogP contribution in [0, 0.1) is 0 Å². The predicted molar refractivity (Wildman–Crippen MR) is 61.5 cm³/mol. The third-order valence-electron chi connectivity index (χ3n) is 2.37. The van der Waals surface area contributed by atoms with Crippen molar-refractivity contribution < 1.29 is 18.3 Å². The van der Waals surface area contributed by atoms with Crippen LogP contribution in [0.25, 0.3) is 0 Å². The van der Waals surface area contributed by atoms with E-state index in [-0.39, 0.29) is 12.4 Å². The number of rotatable bonds is 2. The van der Waals surface area contributed by atoms with Crippen molar-refractivity contribution in [1.82, 2.24) is 0 Å². The first-order valence-corrected chi connectivity index (χ1v) is 6.46. The zero-order valence-corrected chi connectivity index (χ0v) is 13.3. The first-order valence-electron chi connectivity index (χ1n) is 4.97. The molecule has 0 fully saturated rings. The Morgan fingerprint density at radius 2 is 1.21 bits per heavy atom. The van der Waals surface area contributed by atoms with Gasteiger partial charge >= 0.3 is 91.3 Å². The molecule has 75 valence electrons. The molecule has 1 aromatic rings. The molecule has 2 heteroatoms. The van der Waals surface area contributed by atoms with Gasteiger partial charge in [0.05, 0.1) is 0 Å². The van der Waals surface area contributed by atoms with Crippen molar-refractivity contribution in [2.75, 3.05) is 0 Å². The van der Waals surface area contributed by atoms with Gasteiger partial charge in [-0.3, -0.25) is 0 Å². The van der Waals surface area contributed by atoms with Crippen molar-refractivity contribution >= 4 is 16.6 Å². The molecule has 0 heterocycles. The van der Waals surface area contributed by atoms with Gasteiger partial charge in [-0.25, -0.2) is 0 Å². The molecule has 0 atom stereocenters. The molecule has 0 aliphatic rings. The third kappa shape index (κ3) is 3.71. The van der Waals surface area contributed by atoms with Crippen molar-refractivity contribution in [3.63, 3.8) is 0 Å². The van der Waals surface area contributed by atoms with Crippen LogP contribution in [0.2, 0.25) is 0 Å². The van der Waals surface area contributed by atoms with Crippen LogP contribution in [0.1, 0.15) is 50.7 Å². The minimum atomic E-state index is 0. The average Bonchev–Trinajstić information content (AvgIpc) is 2.03. The molecule has 0 spiro atoms. The van der Waals surface area contributed by atoms with E-state index in [0.717, 1.165) is 0 Å². The first-order chi connectivity index (χ1) is 6.00. The van der Waals surface area contributed by atoms with Crippen LogP contribution in [-0.4, -0.2) is 0 Å². The largest absolute Gasteiger partial charge is 0.147 e. The van der Waals surface area contributed by atoms with Crippen molar-refractivity contribution in [2.24, 2.45) is 0 Å². The van der Waals surface area contributed by atoms with E-state index in [9.17, 15) is 0 Å². The maximum absolute atomic E-state index is 2.36. The van der Waals surface area contributed by atoms with Crippen LogP contribution in [-0.2, 0) is 18.3 Å². The van der Waals surface area contributed by atoms with Crippen LogP contribution < -0.4 is 4.16 Å². The monoisotopic (exact) mass is 261 g/mol. The molecule has 0 radical (unpaired) electrons. The second kappa shape index (κ2) is 5.88. The van der Waals surface area contributed by atoms with Gasteiger partial charge in [0.25, 0.3) is 0 Å². The molecule has 1 rings (SSSR count). The van der Waals surface area contributed by atoms with Gasteiger partial charge in [0.2, 0.25) is 0 Å². The quantitative estimate of drug-likeness (QED) is 0.716. The summed E-state index contributed by atoms with van der Waals surface area (Å²) in [4.78, 5) is 0. The molecule has 1 aromatic carbocycles. The van der Waals surface area contributed by atoms with Crippen LogP contribution in [0.4, 0.5) is 0 Å². The molecule has 0 unspecified atom stereocenters. The van der Waals surface area contributed by atoms with Crippen LogP contribution in [0.3, 0.4) is 0 Å².